The van der Waals surface area contributed by atoms with Crippen molar-refractivity contribution in [3.05, 3.63) is 109 Å². The van der Waals surface area contributed by atoms with Gasteiger partial charge in [0, 0.05) is 10.6 Å². The molecule has 1 N–H and O–H groups in total. The zero-order valence-electron chi connectivity index (χ0n) is 14.7. The van der Waals surface area contributed by atoms with E-state index in [-0.39, 0.29) is 0 Å². The molecular formula is C24H19O2P. The Hall–Kier alpha value is -2.93. The Kier molecular flexibility index (Phi) is 4.77. The minimum atomic E-state index is -3.80. The molecule has 4 rings (SSSR count). The lowest BCUT2D eigenvalue weighted by Gasteiger charge is -2.19. The summed E-state index contributed by atoms with van der Waals surface area (Å²) in [6, 6.07) is 34.2. The van der Waals surface area contributed by atoms with Crippen LogP contribution in [0.1, 0.15) is 0 Å². The third-order valence-corrected chi connectivity index (χ3v) is 6.72. The molecule has 0 spiro atoms. The summed E-state index contributed by atoms with van der Waals surface area (Å²) < 4.78 is 13.8. The Morgan fingerprint density at radius 1 is 0.481 bits per heavy atom. The molecule has 0 aliphatic heterocycles. The highest BCUT2D eigenvalue weighted by Gasteiger charge is 2.30. The third kappa shape index (κ3) is 3.38. The van der Waals surface area contributed by atoms with E-state index in [1.165, 1.54) is 0 Å². The van der Waals surface area contributed by atoms with Crippen molar-refractivity contribution in [3.8, 4) is 22.3 Å². The van der Waals surface area contributed by atoms with E-state index in [4.69, 9.17) is 0 Å². The summed E-state index contributed by atoms with van der Waals surface area (Å²) in [6.45, 7) is 0. The molecule has 0 fully saturated rings. The second-order valence-corrected chi connectivity index (χ2v) is 8.46. The van der Waals surface area contributed by atoms with Gasteiger partial charge in [0.2, 0.25) is 0 Å². The normalized spacial score (nSPS) is 11.3. The second kappa shape index (κ2) is 7.36. The van der Waals surface area contributed by atoms with E-state index in [1.54, 1.807) is 12.1 Å². The quantitative estimate of drug-likeness (QED) is 0.499. The molecule has 0 radical (unpaired) electrons. The monoisotopic (exact) mass is 370 g/mol. The van der Waals surface area contributed by atoms with Gasteiger partial charge in [-0.3, -0.25) is 4.57 Å². The third-order valence-electron chi connectivity index (χ3n) is 4.63. The van der Waals surface area contributed by atoms with Crippen molar-refractivity contribution < 1.29 is 9.46 Å². The number of benzene rings is 4. The first-order valence-corrected chi connectivity index (χ1v) is 10.5. The molecule has 0 bridgehead atoms. The topological polar surface area (TPSA) is 37.3 Å². The average molecular weight is 370 g/mol. The van der Waals surface area contributed by atoms with E-state index in [0.717, 1.165) is 22.3 Å². The summed E-state index contributed by atoms with van der Waals surface area (Å²) in [7, 11) is -3.80. The molecule has 27 heavy (non-hydrogen) atoms. The van der Waals surface area contributed by atoms with Gasteiger partial charge in [0.1, 0.15) is 0 Å². The summed E-state index contributed by atoms with van der Waals surface area (Å²) in [4.78, 5) is 11.3. The van der Waals surface area contributed by atoms with Gasteiger partial charge in [-0.05, 0) is 34.4 Å². The van der Waals surface area contributed by atoms with Crippen LogP contribution in [-0.2, 0) is 4.57 Å². The van der Waals surface area contributed by atoms with E-state index >= 15 is 0 Å². The highest BCUT2D eigenvalue weighted by atomic mass is 31.2. The van der Waals surface area contributed by atoms with Gasteiger partial charge < -0.3 is 4.89 Å². The van der Waals surface area contributed by atoms with Gasteiger partial charge in [-0.1, -0.05) is 97.1 Å². The summed E-state index contributed by atoms with van der Waals surface area (Å²) in [5, 5.41) is 0.916. The molecule has 2 nitrogen and oxygen atoms in total. The van der Waals surface area contributed by atoms with Gasteiger partial charge in [-0.15, -0.1) is 0 Å². The molecule has 0 aliphatic rings. The fourth-order valence-electron chi connectivity index (χ4n) is 3.33. The largest absolute Gasteiger partial charge is 0.338 e. The Morgan fingerprint density at radius 2 is 0.815 bits per heavy atom. The summed E-state index contributed by atoms with van der Waals surface area (Å²) in [6.07, 6.45) is 0. The van der Waals surface area contributed by atoms with Gasteiger partial charge in [-0.25, -0.2) is 0 Å². The van der Waals surface area contributed by atoms with Crippen LogP contribution < -0.4 is 10.6 Å². The van der Waals surface area contributed by atoms with Crippen molar-refractivity contribution in [3.63, 3.8) is 0 Å². The van der Waals surface area contributed by atoms with Crippen LogP contribution >= 0.6 is 7.37 Å². The molecule has 3 heteroatoms. The fourth-order valence-corrected chi connectivity index (χ4v) is 5.23. The molecule has 0 amide bonds. The molecule has 0 unspecified atom stereocenters. The maximum absolute atomic E-state index is 13.8. The number of hydrogen-bond acceptors (Lipinski definition) is 1. The fraction of sp³-hybridized carbons (Fsp3) is 0. The molecule has 0 saturated carbocycles. The van der Waals surface area contributed by atoms with Crippen molar-refractivity contribution in [2.45, 2.75) is 0 Å². The van der Waals surface area contributed by atoms with Crippen LogP contribution in [0.3, 0.4) is 0 Å². The molecule has 132 valence electrons. The van der Waals surface area contributed by atoms with Crippen LogP contribution in [0.2, 0.25) is 0 Å². The predicted molar refractivity (Wildman–Crippen MR) is 113 cm³/mol. The molecule has 0 heterocycles. The Morgan fingerprint density at radius 3 is 1.22 bits per heavy atom. The Balaban J connectivity index is 1.92. The van der Waals surface area contributed by atoms with Crippen molar-refractivity contribution in [2.75, 3.05) is 0 Å². The van der Waals surface area contributed by atoms with Crippen LogP contribution in [-0.4, -0.2) is 4.89 Å². The van der Waals surface area contributed by atoms with Gasteiger partial charge in [0.15, 0.2) is 0 Å². The first-order chi connectivity index (χ1) is 13.2. The summed E-state index contributed by atoms with van der Waals surface area (Å²) in [5.74, 6) is 0. The molecule has 0 aliphatic carbocycles. The standard InChI is InChI=1S/C24H19O2P/c25-27(26,23-17-9-7-15-21(23)19-11-3-1-4-12-19)24-18-10-8-16-22(24)20-13-5-2-6-14-20/h1-18H,(H,25,26). The average Bonchev–Trinajstić information content (AvgIpc) is 2.75. The first-order valence-electron chi connectivity index (χ1n) is 8.81. The van der Waals surface area contributed by atoms with Crippen molar-refractivity contribution in [1.82, 2.24) is 0 Å². The lowest BCUT2D eigenvalue weighted by Crippen LogP contribution is -2.19. The minimum Gasteiger partial charge on any atom is -0.338 e. The highest BCUT2D eigenvalue weighted by Crippen LogP contribution is 2.44. The lowest BCUT2D eigenvalue weighted by molar-refractivity contribution is 0.501. The van der Waals surface area contributed by atoms with E-state index in [9.17, 15) is 9.46 Å². The van der Waals surface area contributed by atoms with E-state index in [0.29, 0.717) is 10.6 Å². The smallest absolute Gasteiger partial charge is 0.259 e. The SMILES string of the molecule is O=P(O)(c1ccccc1-c1ccccc1)c1ccccc1-c1ccccc1. The summed E-state index contributed by atoms with van der Waals surface area (Å²) >= 11 is 0. The first kappa shape index (κ1) is 17.5. The van der Waals surface area contributed by atoms with Gasteiger partial charge >= 0.3 is 0 Å². The van der Waals surface area contributed by atoms with Gasteiger partial charge in [0.25, 0.3) is 7.37 Å². The Labute approximate surface area is 159 Å². The van der Waals surface area contributed by atoms with Gasteiger partial charge in [0.05, 0.1) is 0 Å². The molecule has 4 aromatic carbocycles. The molecule has 0 aromatic heterocycles. The van der Waals surface area contributed by atoms with E-state index in [1.807, 2.05) is 97.1 Å². The van der Waals surface area contributed by atoms with Crippen LogP contribution in [0.4, 0.5) is 0 Å². The second-order valence-electron chi connectivity index (χ2n) is 6.34. The zero-order chi connectivity index (χ0) is 18.7. The van der Waals surface area contributed by atoms with Crippen LogP contribution in [0.5, 0.6) is 0 Å². The van der Waals surface area contributed by atoms with Crippen molar-refractivity contribution in [2.24, 2.45) is 0 Å². The van der Waals surface area contributed by atoms with Crippen LogP contribution in [0, 0.1) is 0 Å². The zero-order valence-corrected chi connectivity index (χ0v) is 15.6. The van der Waals surface area contributed by atoms with Gasteiger partial charge in [-0.2, -0.15) is 0 Å². The summed E-state index contributed by atoms with van der Waals surface area (Å²) in [5.41, 5.74) is 3.43. The maximum Gasteiger partial charge on any atom is 0.259 e. The van der Waals surface area contributed by atoms with Crippen LogP contribution in [0.15, 0.2) is 109 Å². The number of rotatable bonds is 4. The van der Waals surface area contributed by atoms with Crippen molar-refractivity contribution >= 4 is 18.0 Å². The molecule has 0 atom stereocenters. The highest BCUT2D eigenvalue weighted by molar-refractivity contribution is 7.74. The Bertz CT molecular complexity index is 1020. The maximum atomic E-state index is 13.8. The van der Waals surface area contributed by atoms with Crippen LogP contribution in [0.25, 0.3) is 22.3 Å². The lowest BCUT2D eigenvalue weighted by atomic mass is 10.1. The predicted octanol–water partition coefficient (Wildman–Crippen LogP) is 5.24. The van der Waals surface area contributed by atoms with Crippen molar-refractivity contribution in [1.29, 1.82) is 0 Å². The van der Waals surface area contributed by atoms with E-state index in [2.05, 4.69) is 0 Å². The molecule has 0 saturated heterocycles. The molecule has 4 aromatic rings. The molecular weight excluding hydrogens is 351 g/mol. The van der Waals surface area contributed by atoms with E-state index < -0.39 is 7.37 Å². The minimum absolute atomic E-state index is 0.458. The number of hydrogen-bond donors (Lipinski definition) is 1.